The van der Waals surface area contributed by atoms with Gasteiger partial charge in [-0.1, -0.05) is 13.3 Å². The number of ether oxygens (including phenoxy) is 2. The van der Waals surface area contributed by atoms with E-state index >= 15 is 0 Å². The van der Waals surface area contributed by atoms with Crippen LogP contribution in [0.3, 0.4) is 0 Å². The Labute approximate surface area is 104 Å². The fraction of sp³-hybridized carbons (Fsp3) is 0.929. The summed E-state index contributed by atoms with van der Waals surface area (Å²) >= 11 is 0. The highest BCUT2D eigenvalue weighted by Crippen LogP contribution is 2.29. The van der Waals surface area contributed by atoms with Crippen molar-refractivity contribution in [3.8, 4) is 0 Å². The second kappa shape index (κ2) is 6.39. The van der Waals surface area contributed by atoms with Gasteiger partial charge in [-0.05, 0) is 44.4 Å². The number of hydrogen-bond donors (Lipinski definition) is 0. The van der Waals surface area contributed by atoms with Crippen LogP contribution in [0.1, 0.15) is 58.3 Å². The molecule has 0 amide bonds. The molecule has 3 atom stereocenters. The molecule has 2 rings (SSSR count). The Kier molecular flexibility index (Phi) is 4.84. The molecule has 3 nitrogen and oxygen atoms in total. The van der Waals surface area contributed by atoms with Crippen molar-refractivity contribution in [2.24, 2.45) is 5.92 Å². The first-order valence-corrected chi connectivity index (χ1v) is 7.10. The molecule has 0 aromatic rings. The Morgan fingerprint density at radius 3 is 2.76 bits per heavy atom. The molecule has 1 saturated heterocycles. The lowest BCUT2D eigenvalue weighted by Crippen LogP contribution is -2.30. The number of hydrogen-bond acceptors (Lipinski definition) is 3. The maximum absolute atomic E-state index is 11.8. The molecule has 2 fully saturated rings. The molecule has 1 aliphatic carbocycles. The van der Waals surface area contributed by atoms with Crippen LogP contribution in [0.15, 0.2) is 0 Å². The molecular formula is C14H24O3. The zero-order chi connectivity index (χ0) is 12.1. The minimum atomic E-state index is -0.0535. The van der Waals surface area contributed by atoms with Crippen molar-refractivity contribution in [1.29, 1.82) is 0 Å². The number of rotatable bonds is 4. The average molecular weight is 240 g/mol. The van der Waals surface area contributed by atoms with Gasteiger partial charge in [0.1, 0.15) is 6.10 Å². The molecule has 1 saturated carbocycles. The summed E-state index contributed by atoms with van der Waals surface area (Å²) in [6.45, 7) is 3.00. The second-order valence-electron chi connectivity index (χ2n) is 5.32. The lowest BCUT2D eigenvalue weighted by atomic mass is 9.85. The normalized spacial score (nSPS) is 33.6. The summed E-state index contributed by atoms with van der Waals surface area (Å²) < 4.78 is 11.1. The smallest absolute Gasteiger partial charge is 0.308 e. The zero-order valence-corrected chi connectivity index (χ0v) is 10.8. The van der Waals surface area contributed by atoms with Gasteiger partial charge in [0, 0.05) is 6.61 Å². The molecule has 3 heteroatoms. The summed E-state index contributed by atoms with van der Waals surface area (Å²) in [4.78, 5) is 11.8. The number of carbonyl (C=O) groups is 1. The summed E-state index contributed by atoms with van der Waals surface area (Å²) in [5.74, 6) is 0.527. The van der Waals surface area contributed by atoms with Crippen LogP contribution < -0.4 is 0 Å². The molecule has 1 aliphatic heterocycles. The third-order valence-corrected chi connectivity index (χ3v) is 4.06. The van der Waals surface area contributed by atoms with Crippen LogP contribution in [0, 0.1) is 5.92 Å². The van der Waals surface area contributed by atoms with Crippen molar-refractivity contribution < 1.29 is 14.3 Å². The molecule has 2 aliphatic rings. The molecule has 0 bridgehead atoms. The average Bonchev–Trinajstić information content (AvgIpc) is 2.82. The first-order chi connectivity index (χ1) is 8.29. The molecule has 0 radical (unpaired) electrons. The van der Waals surface area contributed by atoms with E-state index in [1.165, 1.54) is 19.3 Å². The lowest BCUT2D eigenvalue weighted by molar-refractivity contribution is -0.156. The van der Waals surface area contributed by atoms with Crippen LogP contribution in [-0.2, 0) is 14.3 Å². The molecular weight excluding hydrogens is 216 g/mol. The van der Waals surface area contributed by atoms with Gasteiger partial charge in [0.25, 0.3) is 0 Å². The minimum absolute atomic E-state index is 0.0535. The van der Waals surface area contributed by atoms with Crippen molar-refractivity contribution in [3.63, 3.8) is 0 Å². The summed E-state index contributed by atoms with van der Waals surface area (Å²) in [5, 5.41) is 0. The predicted octanol–water partition coefficient (Wildman–Crippen LogP) is 3.07. The highest BCUT2D eigenvalue weighted by Gasteiger charge is 2.28. The Balaban J connectivity index is 1.75. The van der Waals surface area contributed by atoms with E-state index in [1.54, 1.807) is 0 Å². The first-order valence-electron chi connectivity index (χ1n) is 7.10. The van der Waals surface area contributed by atoms with Gasteiger partial charge in [-0.15, -0.1) is 0 Å². The topological polar surface area (TPSA) is 35.5 Å². The molecule has 0 spiro atoms. The van der Waals surface area contributed by atoms with Gasteiger partial charge < -0.3 is 9.47 Å². The van der Waals surface area contributed by atoms with Crippen LogP contribution in [-0.4, -0.2) is 24.8 Å². The molecule has 0 aromatic carbocycles. The maximum atomic E-state index is 11.8. The molecule has 1 heterocycles. The predicted molar refractivity (Wildman–Crippen MR) is 65.7 cm³/mol. The van der Waals surface area contributed by atoms with Gasteiger partial charge in [0.15, 0.2) is 0 Å². The lowest BCUT2D eigenvalue weighted by Gasteiger charge is -2.30. The fourth-order valence-electron chi connectivity index (χ4n) is 3.00. The third kappa shape index (κ3) is 3.70. The van der Waals surface area contributed by atoms with Gasteiger partial charge in [-0.3, -0.25) is 4.79 Å². The van der Waals surface area contributed by atoms with Gasteiger partial charge in [0.2, 0.25) is 0 Å². The molecule has 98 valence electrons. The fourth-order valence-corrected chi connectivity index (χ4v) is 3.00. The Bertz CT molecular complexity index is 246. The standard InChI is InChI=1S/C14H24O3/c1-2-11-6-3-4-8-13(11)17-14(15)10-12-7-5-9-16-12/h11-13H,2-10H2,1H3. The molecule has 17 heavy (non-hydrogen) atoms. The van der Waals surface area contributed by atoms with Crippen molar-refractivity contribution in [3.05, 3.63) is 0 Å². The SMILES string of the molecule is CCC1CCCCC1OC(=O)CC1CCCO1. The van der Waals surface area contributed by atoms with E-state index in [0.29, 0.717) is 12.3 Å². The van der Waals surface area contributed by atoms with E-state index in [2.05, 4.69) is 6.92 Å². The van der Waals surface area contributed by atoms with E-state index in [4.69, 9.17) is 9.47 Å². The number of esters is 1. The largest absolute Gasteiger partial charge is 0.462 e. The van der Waals surface area contributed by atoms with E-state index in [1.807, 2.05) is 0 Å². The summed E-state index contributed by atoms with van der Waals surface area (Å²) in [5.41, 5.74) is 0. The highest BCUT2D eigenvalue weighted by atomic mass is 16.5. The molecule has 3 unspecified atom stereocenters. The van der Waals surface area contributed by atoms with Gasteiger partial charge in [-0.25, -0.2) is 0 Å². The van der Waals surface area contributed by atoms with Crippen molar-refractivity contribution in [1.82, 2.24) is 0 Å². The Morgan fingerprint density at radius 1 is 1.24 bits per heavy atom. The van der Waals surface area contributed by atoms with E-state index < -0.39 is 0 Å². The van der Waals surface area contributed by atoms with E-state index in [-0.39, 0.29) is 18.2 Å². The second-order valence-corrected chi connectivity index (χ2v) is 5.32. The zero-order valence-electron chi connectivity index (χ0n) is 10.8. The molecule has 0 N–H and O–H groups in total. The van der Waals surface area contributed by atoms with Crippen molar-refractivity contribution in [2.45, 2.75) is 70.5 Å². The van der Waals surface area contributed by atoms with Crippen LogP contribution in [0.2, 0.25) is 0 Å². The van der Waals surface area contributed by atoms with Crippen molar-refractivity contribution >= 4 is 5.97 Å². The van der Waals surface area contributed by atoms with E-state index in [0.717, 1.165) is 32.3 Å². The maximum Gasteiger partial charge on any atom is 0.308 e. The van der Waals surface area contributed by atoms with Crippen LogP contribution >= 0.6 is 0 Å². The monoisotopic (exact) mass is 240 g/mol. The summed E-state index contributed by atoms with van der Waals surface area (Å²) in [7, 11) is 0. The minimum Gasteiger partial charge on any atom is -0.462 e. The summed E-state index contributed by atoms with van der Waals surface area (Å²) in [6, 6.07) is 0. The highest BCUT2D eigenvalue weighted by molar-refractivity contribution is 5.70. The van der Waals surface area contributed by atoms with Crippen molar-refractivity contribution in [2.75, 3.05) is 6.61 Å². The van der Waals surface area contributed by atoms with Gasteiger partial charge in [-0.2, -0.15) is 0 Å². The van der Waals surface area contributed by atoms with Gasteiger partial charge >= 0.3 is 5.97 Å². The van der Waals surface area contributed by atoms with Gasteiger partial charge in [0.05, 0.1) is 12.5 Å². The number of carbonyl (C=O) groups excluding carboxylic acids is 1. The Hall–Kier alpha value is -0.570. The van der Waals surface area contributed by atoms with E-state index in [9.17, 15) is 4.79 Å². The third-order valence-electron chi connectivity index (χ3n) is 4.06. The quantitative estimate of drug-likeness (QED) is 0.708. The van der Waals surface area contributed by atoms with Crippen LogP contribution in [0.5, 0.6) is 0 Å². The Morgan fingerprint density at radius 2 is 2.06 bits per heavy atom. The van der Waals surface area contributed by atoms with Crippen LogP contribution in [0.25, 0.3) is 0 Å². The first kappa shape index (κ1) is 12.9. The summed E-state index contributed by atoms with van der Waals surface area (Å²) in [6.07, 6.45) is 8.71. The van der Waals surface area contributed by atoms with Crippen LogP contribution in [0.4, 0.5) is 0 Å². The molecule has 0 aromatic heterocycles.